The highest BCUT2D eigenvalue weighted by Gasteiger charge is 2.29. The molecule has 1 aromatic heterocycles. The Morgan fingerprint density at radius 1 is 1.05 bits per heavy atom. The van der Waals surface area contributed by atoms with Crippen molar-refractivity contribution in [3.05, 3.63) is 72.1 Å². The molecule has 0 radical (unpaired) electrons. The Balaban J connectivity index is 1.93. The minimum Gasteiger partial charge on any atom is -0.497 e. The van der Waals surface area contributed by atoms with Crippen LogP contribution in [0.4, 0.5) is 0 Å². The molecule has 0 aliphatic rings. The molecule has 3 aromatic rings. The average Bonchev–Trinajstić information content (AvgIpc) is 3.06. The third-order valence-electron chi connectivity index (χ3n) is 3.67. The van der Waals surface area contributed by atoms with Gasteiger partial charge in [0, 0.05) is 0 Å². The van der Waals surface area contributed by atoms with Gasteiger partial charge in [-0.1, -0.05) is 35.5 Å². The van der Waals surface area contributed by atoms with E-state index in [0.29, 0.717) is 5.69 Å². The molecule has 0 saturated heterocycles. The Morgan fingerprint density at radius 3 is 2.36 bits per heavy atom. The molecule has 0 aliphatic heterocycles. The topological polar surface area (TPSA) is 60.2 Å². The van der Waals surface area contributed by atoms with Gasteiger partial charge in [0.15, 0.2) is 0 Å². The lowest BCUT2D eigenvalue weighted by atomic mass is 9.93. The second kappa shape index (κ2) is 5.61. The van der Waals surface area contributed by atoms with Crippen molar-refractivity contribution in [1.82, 2.24) is 15.0 Å². The van der Waals surface area contributed by atoms with E-state index in [9.17, 15) is 5.11 Å². The van der Waals surface area contributed by atoms with Gasteiger partial charge in [-0.2, -0.15) is 0 Å². The van der Waals surface area contributed by atoms with E-state index in [1.807, 2.05) is 54.6 Å². The Labute approximate surface area is 128 Å². The summed E-state index contributed by atoms with van der Waals surface area (Å²) >= 11 is 0. The number of aromatic nitrogens is 3. The number of hydrogen-bond donors (Lipinski definition) is 1. The SMILES string of the molecule is COc1ccc(-n2cc(C(C)(O)c3ccccc3)nn2)cc1. The van der Waals surface area contributed by atoms with Gasteiger partial charge in [0.25, 0.3) is 0 Å². The number of benzene rings is 2. The summed E-state index contributed by atoms with van der Waals surface area (Å²) in [5, 5.41) is 19.0. The number of methoxy groups -OCH3 is 1. The van der Waals surface area contributed by atoms with Crippen LogP contribution in [0.2, 0.25) is 0 Å². The lowest BCUT2D eigenvalue weighted by Gasteiger charge is -2.20. The molecule has 5 nitrogen and oxygen atoms in total. The molecule has 2 aromatic carbocycles. The van der Waals surface area contributed by atoms with Crippen molar-refractivity contribution in [2.24, 2.45) is 0 Å². The lowest BCUT2D eigenvalue weighted by molar-refractivity contribution is 0.0973. The molecule has 0 amide bonds. The molecule has 0 bridgehead atoms. The maximum absolute atomic E-state index is 10.8. The van der Waals surface area contributed by atoms with E-state index in [0.717, 1.165) is 17.0 Å². The van der Waals surface area contributed by atoms with Crippen molar-refractivity contribution in [2.75, 3.05) is 7.11 Å². The largest absolute Gasteiger partial charge is 0.497 e. The maximum Gasteiger partial charge on any atom is 0.132 e. The molecule has 1 atom stereocenters. The predicted molar refractivity (Wildman–Crippen MR) is 83.0 cm³/mol. The molecule has 1 N–H and O–H groups in total. The monoisotopic (exact) mass is 295 g/mol. The second-order valence-electron chi connectivity index (χ2n) is 5.18. The van der Waals surface area contributed by atoms with Crippen molar-refractivity contribution in [2.45, 2.75) is 12.5 Å². The number of hydrogen-bond acceptors (Lipinski definition) is 4. The van der Waals surface area contributed by atoms with Gasteiger partial charge in [0.1, 0.15) is 17.0 Å². The van der Waals surface area contributed by atoms with Crippen LogP contribution in [0.3, 0.4) is 0 Å². The highest BCUT2D eigenvalue weighted by Crippen LogP contribution is 2.27. The summed E-state index contributed by atoms with van der Waals surface area (Å²) in [7, 11) is 1.62. The van der Waals surface area contributed by atoms with Crippen LogP contribution in [0.5, 0.6) is 5.75 Å². The first-order valence-electron chi connectivity index (χ1n) is 6.96. The van der Waals surface area contributed by atoms with Crippen LogP contribution in [-0.4, -0.2) is 27.2 Å². The van der Waals surface area contributed by atoms with Gasteiger partial charge in [-0.25, -0.2) is 4.68 Å². The molecule has 0 aliphatic carbocycles. The minimum absolute atomic E-state index is 0.495. The minimum atomic E-state index is -1.19. The van der Waals surface area contributed by atoms with E-state index in [4.69, 9.17) is 4.74 Å². The molecule has 3 rings (SSSR count). The fourth-order valence-corrected chi connectivity index (χ4v) is 2.26. The number of ether oxygens (including phenoxy) is 1. The third-order valence-corrected chi connectivity index (χ3v) is 3.67. The standard InChI is InChI=1S/C17H17N3O2/c1-17(21,13-6-4-3-5-7-13)16-12-20(19-18-16)14-8-10-15(22-2)11-9-14/h3-12,21H,1-2H3. The first-order chi connectivity index (χ1) is 10.6. The lowest BCUT2D eigenvalue weighted by Crippen LogP contribution is -2.23. The predicted octanol–water partition coefficient (Wildman–Crippen LogP) is 2.53. The van der Waals surface area contributed by atoms with E-state index in [1.54, 1.807) is 24.9 Å². The Bertz CT molecular complexity index is 749. The van der Waals surface area contributed by atoms with E-state index >= 15 is 0 Å². The molecule has 22 heavy (non-hydrogen) atoms. The highest BCUT2D eigenvalue weighted by atomic mass is 16.5. The molecular weight excluding hydrogens is 278 g/mol. The molecule has 1 unspecified atom stereocenters. The summed E-state index contributed by atoms with van der Waals surface area (Å²) in [6.45, 7) is 1.71. The molecule has 0 fully saturated rings. The summed E-state index contributed by atoms with van der Waals surface area (Å²) in [6, 6.07) is 16.9. The molecular formula is C17H17N3O2. The van der Waals surface area contributed by atoms with Crippen LogP contribution < -0.4 is 4.74 Å². The van der Waals surface area contributed by atoms with Gasteiger partial charge < -0.3 is 9.84 Å². The number of nitrogens with zero attached hydrogens (tertiary/aromatic N) is 3. The zero-order valence-corrected chi connectivity index (χ0v) is 12.5. The van der Waals surface area contributed by atoms with E-state index in [1.165, 1.54) is 0 Å². The summed E-state index contributed by atoms with van der Waals surface area (Å²) in [5.41, 5.74) is 0.932. The first kappa shape index (κ1) is 14.3. The van der Waals surface area contributed by atoms with Crippen molar-refractivity contribution in [3.8, 4) is 11.4 Å². The smallest absolute Gasteiger partial charge is 0.132 e. The zero-order valence-electron chi connectivity index (χ0n) is 12.5. The van der Waals surface area contributed by atoms with Crippen molar-refractivity contribution >= 4 is 0 Å². The maximum atomic E-state index is 10.8. The van der Waals surface area contributed by atoms with Crippen LogP contribution in [0.25, 0.3) is 5.69 Å². The number of rotatable bonds is 4. The van der Waals surface area contributed by atoms with Gasteiger partial charge >= 0.3 is 0 Å². The van der Waals surface area contributed by atoms with Gasteiger partial charge in [0.05, 0.1) is 19.0 Å². The number of aliphatic hydroxyl groups is 1. The van der Waals surface area contributed by atoms with Crippen molar-refractivity contribution in [1.29, 1.82) is 0 Å². The summed E-state index contributed by atoms with van der Waals surface area (Å²) in [5.74, 6) is 0.778. The van der Waals surface area contributed by atoms with Crippen LogP contribution in [0.1, 0.15) is 18.2 Å². The second-order valence-corrected chi connectivity index (χ2v) is 5.18. The van der Waals surface area contributed by atoms with E-state index in [2.05, 4.69) is 10.3 Å². The van der Waals surface area contributed by atoms with Gasteiger partial charge in [-0.15, -0.1) is 5.10 Å². The van der Waals surface area contributed by atoms with Crippen LogP contribution >= 0.6 is 0 Å². The van der Waals surface area contributed by atoms with Crippen molar-refractivity contribution in [3.63, 3.8) is 0 Å². The molecule has 1 heterocycles. The molecule has 0 saturated carbocycles. The van der Waals surface area contributed by atoms with Crippen LogP contribution in [0.15, 0.2) is 60.8 Å². The fraction of sp³-hybridized carbons (Fsp3) is 0.176. The summed E-state index contributed by atoms with van der Waals surface area (Å²) in [6.07, 6.45) is 1.73. The van der Waals surface area contributed by atoms with Gasteiger partial charge in [-0.3, -0.25) is 0 Å². The molecule has 112 valence electrons. The quantitative estimate of drug-likeness (QED) is 0.803. The highest BCUT2D eigenvalue weighted by molar-refractivity contribution is 5.37. The molecule has 0 spiro atoms. The van der Waals surface area contributed by atoms with Crippen LogP contribution in [-0.2, 0) is 5.60 Å². The first-order valence-corrected chi connectivity index (χ1v) is 6.96. The third kappa shape index (κ3) is 2.58. The summed E-state index contributed by atoms with van der Waals surface area (Å²) in [4.78, 5) is 0. The average molecular weight is 295 g/mol. The Morgan fingerprint density at radius 2 is 1.73 bits per heavy atom. The fourth-order valence-electron chi connectivity index (χ4n) is 2.26. The van der Waals surface area contributed by atoms with Crippen LogP contribution in [0, 0.1) is 0 Å². The van der Waals surface area contributed by atoms with E-state index in [-0.39, 0.29) is 0 Å². The van der Waals surface area contributed by atoms with Gasteiger partial charge in [0.2, 0.25) is 0 Å². The van der Waals surface area contributed by atoms with Crippen molar-refractivity contribution < 1.29 is 9.84 Å². The molecule has 5 heteroatoms. The summed E-state index contributed by atoms with van der Waals surface area (Å²) < 4.78 is 6.77. The normalized spacial score (nSPS) is 13.6. The van der Waals surface area contributed by atoms with Gasteiger partial charge in [-0.05, 0) is 36.8 Å². The zero-order chi connectivity index (χ0) is 15.6. The Hall–Kier alpha value is -2.66. The van der Waals surface area contributed by atoms with E-state index < -0.39 is 5.60 Å². The Kier molecular flexibility index (Phi) is 3.65.